The van der Waals surface area contributed by atoms with Gasteiger partial charge in [0.2, 0.25) is 11.2 Å². The number of aromatic nitrogens is 3. The zero-order valence-corrected chi connectivity index (χ0v) is 20.8. The van der Waals surface area contributed by atoms with E-state index in [1.807, 2.05) is 30.3 Å². The number of likely N-dealkylation sites (tertiary alicyclic amines) is 1. The summed E-state index contributed by atoms with van der Waals surface area (Å²) in [4.78, 5) is 36.5. The number of H-pyrrole nitrogens is 1. The number of fused-ring (bicyclic) bond motifs is 3. The molecule has 4 heterocycles. The topological polar surface area (TPSA) is 92.2 Å². The van der Waals surface area contributed by atoms with Crippen molar-refractivity contribution in [3.05, 3.63) is 82.1 Å². The SMILES string of the molecule is O=C(NCCN1CCCC1)c1cn2c3c(c(F)c(F)cc3c1=O)Oc1cc(-c3nc4ccccc4[nH]3)ccc1-2. The molecule has 1 saturated heterocycles. The molecule has 2 aliphatic rings. The first-order valence-corrected chi connectivity index (χ1v) is 12.8. The van der Waals surface area contributed by atoms with Crippen molar-refractivity contribution in [2.24, 2.45) is 0 Å². The highest BCUT2D eigenvalue weighted by Crippen LogP contribution is 2.43. The molecule has 39 heavy (non-hydrogen) atoms. The molecule has 8 nitrogen and oxygen atoms in total. The van der Waals surface area contributed by atoms with Crippen LogP contribution in [0.15, 0.2) is 59.5 Å². The first-order valence-electron chi connectivity index (χ1n) is 12.8. The second-order valence-corrected chi connectivity index (χ2v) is 9.83. The van der Waals surface area contributed by atoms with Crippen LogP contribution in [0, 0.1) is 11.6 Å². The fourth-order valence-corrected chi connectivity index (χ4v) is 5.42. The van der Waals surface area contributed by atoms with E-state index in [1.165, 1.54) is 10.8 Å². The fourth-order valence-electron chi connectivity index (χ4n) is 5.42. The van der Waals surface area contributed by atoms with Gasteiger partial charge in [0.1, 0.15) is 16.9 Å². The molecule has 1 fully saturated rings. The van der Waals surface area contributed by atoms with E-state index in [-0.39, 0.29) is 22.2 Å². The monoisotopic (exact) mass is 527 g/mol. The molecular formula is C29H23F2N5O3. The molecule has 7 rings (SSSR count). The van der Waals surface area contributed by atoms with E-state index in [1.54, 1.807) is 12.1 Å². The van der Waals surface area contributed by atoms with E-state index in [4.69, 9.17) is 4.74 Å². The van der Waals surface area contributed by atoms with Crippen LogP contribution >= 0.6 is 0 Å². The van der Waals surface area contributed by atoms with Gasteiger partial charge in [0.15, 0.2) is 17.3 Å². The maximum atomic E-state index is 15.0. The Kier molecular flexibility index (Phi) is 5.44. The molecule has 0 radical (unpaired) electrons. The molecule has 2 N–H and O–H groups in total. The standard InChI is InChI=1S/C29H23F2N5O3/c30-19-14-17-25-27(24(19)31)39-23-13-16(28-33-20-5-1-2-6-21(20)34-28)7-8-22(23)36(25)15-18(26(17)37)29(38)32-9-12-35-10-3-4-11-35/h1-2,5-8,13-15H,3-4,9-12H2,(H,32,38)(H,33,34). The number of nitrogens with zero attached hydrogens (tertiary/aromatic N) is 3. The van der Waals surface area contributed by atoms with E-state index in [0.717, 1.165) is 43.0 Å². The lowest BCUT2D eigenvalue weighted by Crippen LogP contribution is -2.36. The summed E-state index contributed by atoms with van der Waals surface area (Å²) in [6.45, 7) is 3.02. The third-order valence-corrected chi connectivity index (χ3v) is 7.39. The highest BCUT2D eigenvalue weighted by molar-refractivity contribution is 5.99. The van der Waals surface area contributed by atoms with Crippen LogP contribution in [-0.2, 0) is 0 Å². The van der Waals surface area contributed by atoms with Crippen LogP contribution in [0.3, 0.4) is 0 Å². The van der Waals surface area contributed by atoms with Crippen molar-refractivity contribution in [2.75, 3.05) is 26.2 Å². The summed E-state index contributed by atoms with van der Waals surface area (Å²) in [5.74, 6) is -2.60. The third kappa shape index (κ3) is 3.87. The molecule has 10 heteroatoms. The fraction of sp³-hybridized carbons (Fsp3) is 0.207. The van der Waals surface area contributed by atoms with E-state index in [9.17, 15) is 18.4 Å². The predicted molar refractivity (Wildman–Crippen MR) is 143 cm³/mol. The Bertz CT molecular complexity index is 1820. The number of hydrogen-bond donors (Lipinski definition) is 2. The number of imidazole rings is 1. The van der Waals surface area contributed by atoms with Crippen molar-refractivity contribution in [3.63, 3.8) is 0 Å². The summed E-state index contributed by atoms with van der Waals surface area (Å²) in [5, 5.41) is 2.67. The van der Waals surface area contributed by atoms with Crippen LogP contribution < -0.4 is 15.5 Å². The molecular weight excluding hydrogens is 504 g/mol. The quantitative estimate of drug-likeness (QED) is 0.338. The largest absolute Gasteiger partial charge is 0.450 e. The number of amides is 1. The number of nitrogens with one attached hydrogen (secondary N) is 2. The normalized spacial score (nSPS) is 14.5. The van der Waals surface area contributed by atoms with Crippen LogP contribution in [0.2, 0.25) is 0 Å². The van der Waals surface area contributed by atoms with Crippen molar-refractivity contribution in [1.82, 2.24) is 24.8 Å². The lowest BCUT2D eigenvalue weighted by atomic mass is 10.1. The molecule has 2 aliphatic heterocycles. The second-order valence-electron chi connectivity index (χ2n) is 9.83. The summed E-state index contributed by atoms with van der Waals surface area (Å²) >= 11 is 0. The summed E-state index contributed by atoms with van der Waals surface area (Å²) in [7, 11) is 0. The second kappa shape index (κ2) is 9.02. The number of benzene rings is 3. The zero-order chi connectivity index (χ0) is 26.7. The maximum Gasteiger partial charge on any atom is 0.256 e. The number of pyridine rings is 1. The predicted octanol–water partition coefficient (Wildman–Crippen LogP) is 4.74. The summed E-state index contributed by atoms with van der Waals surface area (Å²) in [6.07, 6.45) is 3.64. The Morgan fingerprint density at radius 1 is 1.10 bits per heavy atom. The minimum Gasteiger partial charge on any atom is -0.450 e. The number of carbonyl (C=O) groups is 1. The highest BCUT2D eigenvalue weighted by Gasteiger charge is 2.29. The zero-order valence-electron chi connectivity index (χ0n) is 20.8. The van der Waals surface area contributed by atoms with Crippen molar-refractivity contribution < 1.29 is 18.3 Å². The molecule has 3 aromatic carbocycles. The number of rotatable bonds is 5. The highest BCUT2D eigenvalue weighted by atomic mass is 19.2. The molecule has 0 spiro atoms. The Labute approximate surface area is 220 Å². The van der Waals surface area contributed by atoms with Crippen molar-refractivity contribution in [3.8, 4) is 28.6 Å². The molecule has 0 aliphatic carbocycles. The number of ether oxygens (including phenoxy) is 1. The van der Waals surface area contributed by atoms with E-state index in [2.05, 4.69) is 20.2 Å². The van der Waals surface area contributed by atoms with Crippen molar-refractivity contribution in [2.45, 2.75) is 12.8 Å². The van der Waals surface area contributed by atoms with Crippen LogP contribution in [0.4, 0.5) is 8.78 Å². The van der Waals surface area contributed by atoms with Gasteiger partial charge in [-0.05, 0) is 62.3 Å². The number of hydrogen-bond acceptors (Lipinski definition) is 5. The van der Waals surface area contributed by atoms with E-state index < -0.39 is 28.7 Å². The molecule has 0 atom stereocenters. The number of halogens is 2. The Hall–Kier alpha value is -4.57. The van der Waals surface area contributed by atoms with Gasteiger partial charge < -0.3 is 24.5 Å². The molecule has 0 saturated carbocycles. The first kappa shape index (κ1) is 23.5. The molecule has 1 amide bonds. The van der Waals surface area contributed by atoms with Gasteiger partial charge in [-0.2, -0.15) is 4.39 Å². The van der Waals surface area contributed by atoms with Gasteiger partial charge in [-0.15, -0.1) is 0 Å². The number of carbonyl (C=O) groups excluding carboxylic acids is 1. The number of aromatic amines is 1. The minimum atomic E-state index is -1.23. The smallest absolute Gasteiger partial charge is 0.256 e. The van der Waals surface area contributed by atoms with E-state index in [0.29, 0.717) is 30.2 Å². The number of para-hydroxylation sites is 2. The molecule has 2 aromatic heterocycles. The van der Waals surface area contributed by atoms with Crippen LogP contribution in [0.1, 0.15) is 23.2 Å². The van der Waals surface area contributed by atoms with Crippen LogP contribution in [0.5, 0.6) is 11.5 Å². The summed E-state index contributed by atoms with van der Waals surface area (Å²) in [6, 6.07) is 13.6. The summed E-state index contributed by atoms with van der Waals surface area (Å²) in [5.41, 5.74) is 2.00. The third-order valence-electron chi connectivity index (χ3n) is 7.39. The van der Waals surface area contributed by atoms with Crippen molar-refractivity contribution >= 4 is 27.8 Å². The lowest BCUT2D eigenvalue weighted by molar-refractivity contribution is 0.0948. The maximum absolute atomic E-state index is 15.0. The van der Waals surface area contributed by atoms with Gasteiger partial charge in [-0.3, -0.25) is 9.59 Å². The Morgan fingerprint density at radius 3 is 2.74 bits per heavy atom. The average molecular weight is 528 g/mol. The Balaban J connectivity index is 1.32. The molecule has 0 unspecified atom stereocenters. The first-order chi connectivity index (χ1) is 19.0. The van der Waals surface area contributed by atoms with Gasteiger partial charge in [0, 0.05) is 24.8 Å². The summed E-state index contributed by atoms with van der Waals surface area (Å²) < 4.78 is 37.0. The van der Waals surface area contributed by atoms with Crippen molar-refractivity contribution in [1.29, 1.82) is 0 Å². The molecule has 0 bridgehead atoms. The Morgan fingerprint density at radius 2 is 1.92 bits per heavy atom. The van der Waals surface area contributed by atoms with Gasteiger partial charge >= 0.3 is 0 Å². The molecule has 5 aromatic rings. The van der Waals surface area contributed by atoms with E-state index >= 15 is 0 Å². The van der Waals surface area contributed by atoms with Gasteiger partial charge in [0.05, 0.1) is 22.1 Å². The van der Waals surface area contributed by atoms with Crippen LogP contribution in [-0.4, -0.2) is 51.5 Å². The van der Waals surface area contributed by atoms with Crippen LogP contribution in [0.25, 0.3) is 39.0 Å². The average Bonchev–Trinajstić information content (AvgIpc) is 3.62. The van der Waals surface area contributed by atoms with Gasteiger partial charge in [-0.1, -0.05) is 12.1 Å². The minimum absolute atomic E-state index is 0.0662. The van der Waals surface area contributed by atoms with Gasteiger partial charge in [0.25, 0.3) is 5.91 Å². The van der Waals surface area contributed by atoms with Gasteiger partial charge in [-0.25, -0.2) is 9.37 Å². The lowest BCUT2D eigenvalue weighted by Gasteiger charge is -2.24. The molecule has 196 valence electrons.